The SMILES string of the molecule is Cc1cccc(C2C(=O)NC(=O)CC2(C)CC2CC2)c1. The highest BCUT2D eigenvalue weighted by molar-refractivity contribution is 6.02. The summed E-state index contributed by atoms with van der Waals surface area (Å²) < 4.78 is 0. The lowest BCUT2D eigenvalue weighted by molar-refractivity contribution is -0.139. The second-order valence-electron chi connectivity index (χ2n) is 6.74. The third-order valence-corrected chi connectivity index (χ3v) is 4.61. The maximum atomic E-state index is 12.4. The Balaban J connectivity index is 1.98. The molecule has 1 heterocycles. The number of piperidine rings is 1. The second-order valence-corrected chi connectivity index (χ2v) is 6.74. The molecular weight excluding hydrogens is 250 g/mol. The molecule has 0 spiro atoms. The van der Waals surface area contributed by atoms with Crippen LogP contribution in [0, 0.1) is 18.3 Å². The Morgan fingerprint density at radius 1 is 1.30 bits per heavy atom. The van der Waals surface area contributed by atoms with Crippen molar-refractivity contribution >= 4 is 11.8 Å². The Morgan fingerprint density at radius 2 is 2.05 bits per heavy atom. The molecule has 0 radical (unpaired) electrons. The number of rotatable bonds is 3. The minimum Gasteiger partial charge on any atom is -0.296 e. The number of aryl methyl sites for hydroxylation is 1. The highest BCUT2D eigenvalue weighted by Crippen LogP contribution is 2.50. The molecule has 2 fully saturated rings. The smallest absolute Gasteiger partial charge is 0.234 e. The Labute approximate surface area is 119 Å². The number of amides is 2. The first-order valence-corrected chi connectivity index (χ1v) is 7.38. The Bertz CT molecular complexity index is 562. The van der Waals surface area contributed by atoms with E-state index in [1.165, 1.54) is 12.8 Å². The third kappa shape index (κ3) is 2.49. The molecule has 0 aromatic heterocycles. The summed E-state index contributed by atoms with van der Waals surface area (Å²) in [4.78, 5) is 24.2. The summed E-state index contributed by atoms with van der Waals surface area (Å²) in [5.41, 5.74) is 1.95. The van der Waals surface area contributed by atoms with Crippen LogP contribution < -0.4 is 5.32 Å². The molecule has 2 amide bonds. The fourth-order valence-electron chi connectivity index (χ4n) is 3.61. The van der Waals surface area contributed by atoms with Crippen LogP contribution in [-0.4, -0.2) is 11.8 Å². The maximum Gasteiger partial charge on any atom is 0.234 e. The van der Waals surface area contributed by atoms with Gasteiger partial charge in [-0.1, -0.05) is 49.6 Å². The van der Waals surface area contributed by atoms with E-state index in [1.807, 2.05) is 25.1 Å². The summed E-state index contributed by atoms with van der Waals surface area (Å²) in [6.45, 7) is 4.14. The van der Waals surface area contributed by atoms with Gasteiger partial charge < -0.3 is 0 Å². The first kappa shape index (κ1) is 13.3. The van der Waals surface area contributed by atoms with E-state index in [0.717, 1.165) is 17.5 Å². The van der Waals surface area contributed by atoms with Gasteiger partial charge in [0.15, 0.2) is 0 Å². The van der Waals surface area contributed by atoms with Gasteiger partial charge in [-0.05, 0) is 30.2 Å². The monoisotopic (exact) mass is 271 g/mol. The fraction of sp³-hybridized carbons (Fsp3) is 0.529. The van der Waals surface area contributed by atoms with Gasteiger partial charge in [0, 0.05) is 6.42 Å². The number of carbonyl (C=O) groups excluding carboxylic acids is 2. The molecule has 1 aliphatic carbocycles. The minimum atomic E-state index is -0.242. The van der Waals surface area contributed by atoms with Crippen LogP contribution in [0.1, 0.15) is 49.7 Å². The van der Waals surface area contributed by atoms with E-state index in [-0.39, 0.29) is 23.1 Å². The summed E-state index contributed by atoms with van der Waals surface area (Å²) in [7, 11) is 0. The van der Waals surface area contributed by atoms with Crippen LogP contribution in [0.4, 0.5) is 0 Å². The predicted octanol–water partition coefficient (Wildman–Crippen LogP) is 2.93. The largest absolute Gasteiger partial charge is 0.296 e. The van der Waals surface area contributed by atoms with Crippen molar-refractivity contribution in [2.24, 2.45) is 11.3 Å². The molecule has 0 bridgehead atoms. The summed E-state index contributed by atoms with van der Waals surface area (Å²) in [5.74, 6) is 0.240. The summed E-state index contributed by atoms with van der Waals surface area (Å²) in [6.07, 6.45) is 3.91. The van der Waals surface area contributed by atoms with Crippen LogP contribution in [0.2, 0.25) is 0 Å². The van der Waals surface area contributed by atoms with Gasteiger partial charge in [-0.2, -0.15) is 0 Å². The van der Waals surface area contributed by atoms with Crippen molar-refractivity contribution in [3.8, 4) is 0 Å². The molecule has 3 rings (SSSR count). The molecule has 2 atom stereocenters. The third-order valence-electron chi connectivity index (χ3n) is 4.61. The number of nitrogens with one attached hydrogen (secondary N) is 1. The molecule has 1 saturated heterocycles. The van der Waals surface area contributed by atoms with Crippen LogP contribution >= 0.6 is 0 Å². The summed E-state index contributed by atoms with van der Waals surface area (Å²) in [6, 6.07) is 8.11. The van der Waals surface area contributed by atoms with Crippen molar-refractivity contribution in [2.75, 3.05) is 0 Å². The van der Waals surface area contributed by atoms with Crippen LogP contribution in [0.15, 0.2) is 24.3 Å². The number of carbonyl (C=O) groups is 2. The molecule has 1 N–H and O–H groups in total. The molecule has 1 aliphatic heterocycles. The molecule has 1 aromatic rings. The van der Waals surface area contributed by atoms with Gasteiger partial charge >= 0.3 is 0 Å². The van der Waals surface area contributed by atoms with Crippen molar-refractivity contribution in [1.82, 2.24) is 5.32 Å². The predicted molar refractivity (Wildman–Crippen MR) is 77.1 cm³/mol. The van der Waals surface area contributed by atoms with Gasteiger partial charge in [-0.25, -0.2) is 0 Å². The van der Waals surface area contributed by atoms with Crippen molar-refractivity contribution in [2.45, 2.75) is 45.4 Å². The van der Waals surface area contributed by atoms with Gasteiger partial charge in [0.05, 0.1) is 5.92 Å². The van der Waals surface area contributed by atoms with Gasteiger partial charge in [0.2, 0.25) is 11.8 Å². The van der Waals surface area contributed by atoms with Crippen molar-refractivity contribution < 1.29 is 9.59 Å². The van der Waals surface area contributed by atoms with Gasteiger partial charge in [-0.3, -0.25) is 14.9 Å². The fourth-order valence-corrected chi connectivity index (χ4v) is 3.61. The van der Waals surface area contributed by atoms with E-state index in [2.05, 4.69) is 18.3 Å². The van der Waals surface area contributed by atoms with E-state index in [4.69, 9.17) is 0 Å². The minimum absolute atomic E-state index is 0.123. The molecule has 20 heavy (non-hydrogen) atoms. The molecule has 2 aliphatic rings. The Morgan fingerprint density at radius 3 is 2.70 bits per heavy atom. The lowest BCUT2D eigenvalue weighted by Crippen LogP contribution is -2.49. The molecule has 3 heteroatoms. The topological polar surface area (TPSA) is 46.2 Å². The number of imide groups is 1. The molecule has 1 saturated carbocycles. The van der Waals surface area contributed by atoms with E-state index >= 15 is 0 Å². The summed E-state index contributed by atoms with van der Waals surface area (Å²) in [5, 5.41) is 2.52. The average Bonchev–Trinajstić information content (AvgIpc) is 3.10. The quantitative estimate of drug-likeness (QED) is 0.859. The number of hydrogen-bond acceptors (Lipinski definition) is 2. The van der Waals surface area contributed by atoms with Gasteiger partial charge in [0.25, 0.3) is 0 Å². The van der Waals surface area contributed by atoms with Gasteiger partial charge in [-0.15, -0.1) is 0 Å². The number of benzene rings is 1. The molecule has 106 valence electrons. The van der Waals surface area contributed by atoms with Crippen molar-refractivity contribution in [3.05, 3.63) is 35.4 Å². The zero-order valence-electron chi connectivity index (χ0n) is 12.1. The highest BCUT2D eigenvalue weighted by Gasteiger charge is 2.48. The number of hydrogen-bond donors (Lipinski definition) is 1. The molecule has 1 aromatic carbocycles. The van der Waals surface area contributed by atoms with E-state index in [9.17, 15) is 9.59 Å². The Kier molecular flexibility index (Phi) is 3.15. The second kappa shape index (κ2) is 4.72. The molecule has 3 nitrogen and oxygen atoms in total. The van der Waals surface area contributed by atoms with Crippen LogP contribution in [0.25, 0.3) is 0 Å². The lowest BCUT2D eigenvalue weighted by atomic mass is 9.65. The zero-order valence-corrected chi connectivity index (χ0v) is 12.1. The van der Waals surface area contributed by atoms with Crippen molar-refractivity contribution in [1.29, 1.82) is 0 Å². The highest BCUT2D eigenvalue weighted by atomic mass is 16.2. The maximum absolute atomic E-state index is 12.4. The Hall–Kier alpha value is -1.64. The molecule has 2 unspecified atom stereocenters. The first-order valence-electron chi connectivity index (χ1n) is 7.38. The molecular formula is C17H21NO2. The van der Waals surface area contributed by atoms with E-state index in [1.54, 1.807) is 0 Å². The first-order chi connectivity index (χ1) is 9.48. The average molecular weight is 271 g/mol. The van der Waals surface area contributed by atoms with E-state index in [0.29, 0.717) is 12.3 Å². The van der Waals surface area contributed by atoms with Gasteiger partial charge in [0.1, 0.15) is 0 Å². The van der Waals surface area contributed by atoms with Crippen LogP contribution in [0.5, 0.6) is 0 Å². The standard InChI is InChI=1S/C17H21NO2/c1-11-4-3-5-13(8-11)15-16(20)18-14(19)10-17(15,2)9-12-6-7-12/h3-5,8,12,15H,6-7,9-10H2,1-2H3,(H,18,19,20). The normalized spacial score (nSPS) is 30.2. The van der Waals surface area contributed by atoms with Crippen LogP contribution in [0.3, 0.4) is 0 Å². The lowest BCUT2D eigenvalue weighted by Gasteiger charge is -2.40. The van der Waals surface area contributed by atoms with Crippen LogP contribution in [-0.2, 0) is 9.59 Å². The van der Waals surface area contributed by atoms with Crippen molar-refractivity contribution in [3.63, 3.8) is 0 Å². The van der Waals surface area contributed by atoms with E-state index < -0.39 is 0 Å². The zero-order chi connectivity index (χ0) is 14.3. The summed E-state index contributed by atoms with van der Waals surface area (Å²) >= 11 is 0.